The van der Waals surface area contributed by atoms with Crippen LogP contribution in [0, 0.1) is 19.9 Å². The van der Waals surface area contributed by atoms with Crippen LogP contribution in [0.5, 0.6) is 17.2 Å². The molecule has 0 unspecified atom stereocenters. The van der Waals surface area contributed by atoms with Crippen molar-refractivity contribution >= 4 is 52.6 Å². The average molecular weight is 923 g/mol. The summed E-state index contributed by atoms with van der Waals surface area (Å²) >= 11 is 1.79. The Morgan fingerprint density at radius 2 is 1.48 bits per heavy atom. The number of Topliss-reactive ketones (excluding diaryl/α,β-unsaturated/α-hetero) is 1. The van der Waals surface area contributed by atoms with Crippen molar-refractivity contribution in [2.24, 2.45) is 4.99 Å². The molecule has 0 fully saturated rings. The molecule has 4 aliphatic heterocycles. The number of thioether (sulfide) groups is 1. The number of hydrogen-bond acceptors (Lipinski definition) is 8. The predicted molar refractivity (Wildman–Crippen MR) is 243 cm³/mol. The Hall–Kier alpha value is -4.90. The van der Waals surface area contributed by atoms with E-state index in [2.05, 4.69) is 51.3 Å². The fourth-order valence-corrected chi connectivity index (χ4v) is 8.81. The molecule has 5 aromatic rings. The number of aliphatic imine (C=N–C) groups is 1. The van der Waals surface area contributed by atoms with Gasteiger partial charge in [0.2, 0.25) is 0 Å². The molecule has 4 aliphatic rings. The van der Waals surface area contributed by atoms with Gasteiger partial charge in [-0.25, -0.2) is 0 Å². The minimum Gasteiger partial charge on any atom is -0.501 e. The van der Waals surface area contributed by atoms with E-state index in [-0.39, 0.29) is 73.7 Å². The molecule has 11 heteroatoms. The molecule has 4 heterocycles. The summed E-state index contributed by atoms with van der Waals surface area (Å²) in [6.45, 7) is 10.2. The van der Waals surface area contributed by atoms with Gasteiger partial charge in [0.15, 0.2) is 11.5 Å². The number of para-hydroxylation sites is 2. The summed E-state index contributed by atoms with van der Waals surface area (Å²) in [5.41, 5.74) is 9.96. The number of nitrogens with zero attached hydrogens (tertiary/aromatic N) is 3. The van der Waals surface area contributed by atoms with E-state index < -0.39 is 0 Å². The normalized spacial score (nSPS) is 16.8. The van der Waals surface area contributed by atoms with E-state index in [0.29, 0.717) is 35.8 Å². The molecule has 1 radical (unpaired) electrons. The number of methoxy groups -OCH3 is 1. The second-order valence-electron chi connectivity index (χ2n) is 16.7. The summed E-state index contributed by atoms with van der Waals surface area (Å²) in [6, 6.07) is 32.9. The van der Waals surface area contributed by atoms with E-state index in [9.17, 15) is 14.4 Å². The Morgan fingerprint density at radius 1 is 0.839 bits per heavy atom. The minimum absolute atomic E-state index is 0. The van der Waals surface area contributed by atoms with E-state index in [1.165, 1.54) is 5.56 Å². The Balaban J connectivity index is 0.000000471. The van der Waals surface area contributed by atoms with Gasteiger partial charge in [0.05, 0.1) is 37.6 Å². The van der Waals surface area contributed by atoms with Crippen LogP contribution in [-0.2, 0) is 70.0 Å². The molecule has 5 aromatic carbocycles. The zero-order chi connectivity index (χ0) is 42.8. The number of amides is 2. The Morgan fingerprint density at radius 3 is 2.16 bits per heavy atom. The van der Waals surface area contributed by atoms with Gasteiger partial charge in [-0.15, -0.1) is 11.1 Å². The molecular weight excluding hydrogens is 872 g/mol. The molecule has 0 bridgehead atoms. The fourth-order valence-electron chi connectivity index (χ4n) is 8.51. The van der Waals surface area contributed by atoms with Crippen LogP contribution >= 0.6 is 11.8 Å². The van der Waals surface area contributed by atoms with Crippen molar-refractivity contribution in [3.63, 3.8) is 0 Å². The van der Waals surface area contributed by atoms with Crippen molar-refractivity contribution in [3.8, 4) is 17.2 Å². The SMILES string of the molecule is COc1cc2c(cc1OCc1c[c-]cc(COc3cc4c(cc3C)C(=O)N3c5ccccc5C[C@H]3CC4)c1)N=C[C@@H]1Cc3ccccc3N1C2=O.[CH2-]C(=O)CCC(C)(C)SC.[Y]. The summed E-state index contributed by atoms with van der Waals surface area (Å²) in [7, 11) is 1.57. The number of rotatable bonds is 11. The molecule has 2 amide bonds. The van der Waals surface area contributed by atoms with Crippen LogP contribution in [-0.4, -0.2) is 54.0 Å². The standard InChI is InChI=1S/C43H36N3O5.C8H15OS.Y/c1-26-16-34-29(14-15-32-18-30-10-3-5-12-37(30)45(32)42(34)47)20-39(26)50-24-27-8-7-9-28(17-27)25-51-41-22-36-35(21-40(41)49-2)43(48)46-33(23-44-36)19-31-11-4-6-13-38(31)46;1-7(9)5-6-8(2,3)10-4;/h3-6,8-13,16-17,20-23,32-33H,14-15,18-19,24-25H2,1-2H3;1,5-6H2,2-4H3;/q2*-1;/t32-,33+;;/m1../s1. The van der Waals surface area contributed by atoms with Gasteiger partial charge >= 0.3 is 0 Å². The van der Waals surface area contributed by atoms with Crippen LogP contribution in [0.25, 0.3) is 0 Å². The predicted octanol–water partition coefficient (Wildman–Crippen LogP) is 10.1. The van der Waals surface area contributed by atoms with Crippen molar-refractivity contribution in [1.29, 1.82) is 0 Å². The van der Waals surface area contributed by atoms with Crippen molar-refractivity contribution in [2.75, 3.05) is 23.2 Å². The van der Waals surface area contributed by atoms with E-state index >= 15 is 0 Å². The van der Waals surface area contributed by atoms with Crippen LogP contribution in [0.4, 0.5) is 17.1 Å². The topological polar surface area (TPSA) is 97.7 Å². The summed E-state index contributed by atoms with van der Waals surface area (Å²) in [5, 5.41) is 0. The molecular formula is C51H51N3O6SY-2. The summed E-state index contributed by atoms with van der Waals surface area (Å²) in [5.74, 6) is 1.76. The first-order chi connectivity index (χ1) is 29.4. The van der Waals surface area contributed by atoms with Gasteiger partial charge in [0.1, 0.15) is 5.75 Å². The second kappa shape index (κ2) is 19.2. The van der Waals surface area contributed by atoms with Crippen molar-refractivity contribution in [3.05, 3.63) is 148 Å². The Bertz CT molecular complexity index is 2540. The zero-order valence-electron chi connectivity index (χ0n) is 36.0. The first-order valence-electron chi connectivity index (χ1n) is 20.8. The molecule has 0 saturated carbocycles. The van der Waals surface area contributed by atoms with Crippen molar-refractivity contribution in [1.82, 2.24) is 0 Å². The number of carbonyl (C=O) groups excluding carboxylic acids is 3. The van der Waals surface area contributed by atoms with E-state index in [4.69, 9.17) is 19.2 Å². The number of ketones is 1. The van der Waals surface area contributed by atoms with Crippen LogP contribution in [0.1, 0.15) is 87.2 Å². The summed E-state index contributed by atoms with van der Waals surface area (Å²) in [6.07, 6.45) is 8.82. The number of carbonyl (C=O) groups is 3. The van der Waals surface area contributed by atoms with Gasteiger partial charge < -0.3 is 30.8 Å². The number of fused-ring (bicyclic) bond motifs is 8. The number of anilines is 2. The Labute approximate surface area is 394 Å². The van der Waals surface area contributed by atoms with E-state index in [1.807, 2.05) is 83.6 Å². The van der Waals surface area contributed by atoms with Crippen molar-refractivity contribution < 1.29 is 61.3 Å². The van der Waals surface area contributed by atoms with Gasteiger partial charge in [-0.2, -0.15) is 36.0 Å². The molecule has 62 heavy (non-hydrogen) atoms. The average Bonchev–Trinajstić information content (AvgIpc) is 3.76. The molecule has 2 atom stereocenters. The number of ether oxygens (including phenoxy) is 3. The van der Waals surface area contributed by atoms with Crippen LogP contribution < -0.4 is 24.0 Å². The first-order valence-corrected chi connectivity index (χ1v) is 22.0. The Kier molecular flexibility index (Phi) is 14.0. The summed E-state index contributed by atoms with van der Waals surface area (Å²) < 4.78 is 18.5. The maximum atomic E-state index is 13.8. The third kappa shape index (κ3) is 9.53. The second-order valence-corrected chi connectivity index (χ2v) is 18.2. The van der Waals surface area contributed by atoms with E-state index in [1.54, 1.807) is 31.0 Å². The zero-order valence-corrected chi connectivity index (χ0v) is 39.7. The maximum absolute atomic E-state index is 13.8. The van der Waals surface area contributed by atoms with Gasteiger partial charge in [0, 0.05) is 79.1 Å². The molecule has 0 spiro atoms. The monoisotopic (exact) mass is 922 g/mol. The third-order valence-corrected chi connectivity index (χ3v) is 13.4. The fraction of sp³-hybridized carbons (Fsp3) is 0.314. The molecule has 0 aliphatic carbocycles. The quantitative estimate of drug-likeness (QED) is 0.122. The van der Waals surface area contributed by atoms with Gasteiger partial charge in [-0.1, -0.05) is 50.2 Å². The number of aryl methyl sites for hydroxylation is 2. The third-order valence-electron chi connectivity index (χ3n) is 12.1. The molecule has 317 valence electrons. The van der Waals surface area contributed by atoms with Gasteiger partial charge in [-0.3, -0.25) is 19.5 Å². The molecule has 9 nitrogen and oxygen atoms in total. The summed E-state index contributed by atoms with van der Waals surface area (Å²) in [4.78, 5) is 46.6. The van der Waals surface area contributed by atoms with Gasteiger partial charge in [0.25, 0.3) is 11.8 Å². The molecule has 0 aromatic heterocycles. The largest absolute Gasteiger partial charge is 0.501 e. The van der Waals surface area contributed by atoms with Gasteiger partial charge in [-0.05, 0) is 104 Å². The van der Waals surface area contributed by atoms with Crippen molar-refractivity contribution in [2.45, 2.75) is 89.3 Å². The molecule has 0 saturated heterocycles. The molecule has 9 rings (SSSR count). The van der Waals surface area contributed by atoms with Crippen LogP contribution in [0.2, 0.25) is 0 Å². The molecule has 0 N–H and O–H groups in total. The minimum atomic E-state index is -0.133. The van der Waals surface area contributed by atoms with E-state index in [0.717, 1.165) is 82.6 Å². The van der Waals surface area contributed by atoms with Crippen LogP contribution in [0.3, 0.4) is 0 Å². The maximum Gasteiger partial charge on any atom is 0.261 e. The number of benzene rings is 5. The number of hydrogen-bond donors (Lipinski definition) is 0. The first kappa shape index (κ1) is 45.1. The smallest absolute Gasteiger partial charge is 0.261 e. The van der Waals surface area contributed by atoms with Crippen LogP contribution in [0.15, 0.2) is 96.0 Å².